The van der Waals surface area contributed by atoms with Gasteiger partial charge in [-0.1, -0.05) is 18.2 Å². The third-order valence-electron chi connectivity index (χ3n) is 4.73. The first kappa shape index (κ1) is 18.7. The van der Waals surface area contributed by atoms with Gasteiger partial charge in [-0.05, 0) is 49.4 Å². The van der Waals surface area contributed by atoms with Crippen LogP contribution in [0.15, 0.2) is 48.5 Å². The maximum Gasteiger partial charge on any atom is 0.414 e. The molecule has 0 aromatic heterocycles. The Morgan fingerprint density at radius 3 is 2.81 bits per heavy atom. The lowest BCUT2D eigenvalue weighted by atomic mass is 9.95. The molecule has 2 aromatic carbocycles. The Morgan fingerprint density at radius 1 is 1.30 bits per heavy atom. The molecule has 2 aromatic rings. The zero-order valence-electron chi connectivity index (χ0n) is 15.3. The Labute approximate surface area is 158 Å². The van der Waals surface area contributed by atoms with E-state index in [0.717, 1.165) is 36.9 Å². The lowest BCUT2D eigenvalue weighted by molar-refractivity contribution is -0.384. The highest BCUT2D eigenvalue weighted by molar-refractivity contribution is 5.70. The highest BCUT2D eigenvalue weighted by atomic mass is 16.6. The van der Waals surface area contributed by atoms with Crippen LogP contribution in [0.2, 0.25) is 0 Å². The predicted molar refractivity (Wildman–Crippen MR) is 103 cm³/mol. The van der Waals surface area contributed by atoms with Gasteiger partial charge in [-0.25, -0.2) is 4.79 Å². The number of hydrogen-bond acceptors (Lipinski definition) is 5. The van der Waals surface area contributed by atoms with E-state index in [-0.39, 0.29) is 16.7 Å². The van der Waals surface area contributed by atoms with Crippen molar-refractivity contribution in [2.45, 2.75) is 31.7 Å². The number of non-ortho nitro benzene ring substituents is 1. The van der Waals surface area contributed by atoms with Gasteiger partial charge in [0.05, 0.1) is 4.92 Å². The number of nitrogens with one attached hydrogen (secondary N) is 1. The van der Waals surface area contributed by atoms with Crippen LogP contribution in [-0.4, -0.2) is 35.6 Å². The number of hydrogen-bond donors (Lipinski definition) is 1. The third kappa shape index (κ3) is 4.97. The summed E-state index contributed by atoms with van der Waals surface area (Å²) in [5.74, 6) is 0.536. The van der Waals surface area contributed by atoms with Gasteiger partial charge in [0.25, 0.3) is 5.69 Å². The summed E-state index contributed by atoms with van der Waals surface area (Å²) in [6, 6.07) is 14.3. The zero-order valence-corrected chi connectivity index (χ0v) is 15.3. The molecule has 0 bridgehead atoms. The van der Waals surface area contributed by atoms with E-state index < -0.39 is 0 Å². The standard InChI is InChI=1S/C20H23N3O4/c1-22(20(24)27-18-7-3-2-4-8-18)13-5-6-16-10-9-15-14-17(23(25)26)11-12-19(15)21-16/h2-4,7-8,11-12,14,16,21H,5-6,9-10,13H2,1H3. The lowest BCUT2D eigenvalue weighted by Gasteiger charge is -2.27. The van der Waals surface area contributed by atoms with Crippen LogP contribution >= 0.6 is 0 Å². The van der Waals surface area contributed by atoms with Crippen molar-refractivity contribution in [2.24, 2.45) is 0 Å². The molecule has 3 rings (SSSR count). The molecule has 27 heavy (non-hydrogen) atoms. The van der Waals surface area contributed by atoms with Gasteiger partial charge in [-0.15, -0.1) is 0 Å². The molecule has 1 aliphatic rings. The minimum absolute atomic E-state index is 0.132. The summed E-state index contributed by atoms with van der Waals surface area (Å²) < 4.78 is 5.31. The molecule has 1 amide bonds. The highest BCUT2D eigenvalue weighted by Crippen LogP contribution is 2.29. The average molecular weight is 369 g/mol. The summed E-state index contributed by atoms with van der Waals surface area (Å²) in [4.78, 5) is 24.2. The van der Waals surface area contributed by atoms with Crippen LogP contribution < -0.4 is 10.1 Å². The van der Waals surface area contributed by atoms with E-state index in [1.807, 2.05) is 18.2 Å². The number of carbonyl (C=O) groups excluding carboxylic acids is 1. The van der Waals surface area contributed by atoms with E-state index >= 15 is 0 Å². The third-order valence-corrected chi connectivity index (χ3v) is 4.73. The number of ether oxygens (including phenoxy) is 1. The molecule has 1 heterocycles. The van der Waals surface area contributed by atoms with Gasteiger partial charge < -0.3 is 15.0 Å². The Kier molecular flexibility index (Phi) is 5.90. The second-order valence-corrected chi connectivity index (χ2v) is 6.72. The summed E-state index contributed by atoms with van der Waals surface area (Å²) in [5.41, 5.74) is 2.09. The molecule has 1 N–H and O–H groups in total. The number of nitrogens with zero attached hydrogens (tertiary/aromatic N) is 2. The molecular formula is C20H23N3O4. The number of anilines is 1. The van der Waals surface area contributed by atoms with Gasteiger partial charge in [-0.3, -0.25) is 10.1 Å². The van der Waals surface area contributed by atoms with Crippen LogP contribution in [0.4, 0.5) is 16.2 Å². The van der Waals surface area contributed by atoms with Crippen molar-refractivity contribution in [3.63, 3.8) is 0 Å². The monoisotopic (exact) mass is 369 g/mol. The van der Waals surface area contributed by atoms with Crippen molar-refractivity contribution < 1.29 is 14.5 Å². The first-order valence-corrected chi connectivity index (χ1v) is 9.05. The first-order chi connectivity index (χ1) is 13.0. The molecular weight excluding hydrogens is 346 g/mol. The first-order valence-electron chi connectivity index (χ1n) is 9.05. The van der Waals surface area contributed by atoms with E-state index in [1.165, 1.54) is 6.07 Å². The molecule has 0 radical (unpaired) electrons. The van der Waals surface area contributed by atoms with Crippen molar-refractivity contribution in [2.75, 3.05) is 18.9 Å². The number of para-hydroxylation sites is 1. The van der Waals surface area contributed by atoms with Crippen molar-refractivity contribution in [1.82, 2.24) is 4.90 Å². The number of nitro groups is 1. The lowest BCUT2D eigenvalue weighted by Crippen LogP contribution is -2.32. The number of aryl methyl sites for hydroxylation is 1. The Morgan fingerprint density at radius 2 is 2.07 bits per heavy atom. The topological polar surface area (TPSA) is 84.7 Å². The number of benzene rings is 2. The number of rotatable bonds is 6. The molecule has 7 heteroatoms. The normalized spacial score (nSPS) is 15.4. The number of carbonyl (C=O) groups is 1. The Bertz CT molecular complexity index is 810. The number of amides is 1. The van der Waals surface area contributed by atoms with Gasteiger partial charge in [-0.2, -0.15) is 0 Å². The van der Waals surface area contributed by atoms with Crippen molar-refractivity contribution >= 4 is 17.5 Å². The predicted octanol–water partition coefficient (Wildman–Crippen LogP) is 4.23. The van der Waals surface area contributed by atoms with Gasteiger partial charge in [0.2, 0.25) is 0 Å². The van der Waals surface area contributed by atoms with Gasteiger partial charge >= 0.3 is 6.09 Å². The zero-order chi connectivity index (χ0) is 19.2. The summed E-state index contributed by atoms with van der Waals surface area (Å²) >= 11 is 0. The van der Waals surface area contributed by atoms with Crippen LogP contribution in [0, 0.1) is 10.1 Å². The van der Waals surface area contributed by atoms with Gasteiger partial charge in [0, 0.05) is 37.5 Å². The maximum absolute atomic E-state index is 12.1. The van der Waals surface area contributed by atoms with Gasteiger partial charge in [0.1, 0.15) is 5.75 Å². The Hall–Kier alpha value is -3.09. The van der Waals surface area contributed by atoms with Gasteiger partial charge in [0.15, 0.2) is 0 Å². The molecule has 0 spiro atoms. The van der Waals surface area contributed by atoms with E-state index in [9.17, 15) is 14.9 Å². The van der Waals surface area contributed by atoms with E-state index in [1.54, 1.807) is 36.2 Å². The summed E-state index contributed by atoms with van der Waals surface area (Å²) in [6.45, 7) is 0.608. The van der Waals surface area contributed by atoms with E-state index in [0.29, 0.717) is 18.3 Å². The smallest absolute Gasteiger partial charge is 0.410 e. The largest absolute Gasteiger partial charge is 0.414 e. The minimum atomic E-state index is -0.365. The van der Waals surface area contributed by atoms with Crippen LogP contribution in [0.5, 0.6) is 5.75 Å². The van der Waals surface area contributed by atoms with Crippen LogP contribution in [0.1, 0.15) is 24.8 Å². The molecule has 0 aliphatic carbocycles. The second kappa shape index (κ2) is 8.53. The number of nitro benzene ring substituents is 1. The fourth-order valence-corrected chi connectivity index (χ4v) is 3.21. The molecule has 0 saturated carbocycles. The SMILES string of the molecule is CN(CCCC1CCc2cc([N+](=O)[O-])ccc2N1)C(=O)Oc1ccccc1. The van der Waals surface area contributed by atoms with Crippen molar-refractivity contribution in [3.05, 3.63) is 64.2 Å². The maximum atomic E-state index is 12.1. The van der Waals surface area contributed by atoms with E-state index in [2.05, 4.69) is 5.32 Å². The minimum Gasteiger partial charge on any atom is -0.410 e. The second-order valence-electron chi connectivity index (χ2n) is 6.72. The Balaban J connectivity index is 1.44. The molecule has 142 valence electrons. The van der Waals surface area contributed by atoms with Crippen molar-refractivity contribution in [1.29, 1.82) is 0 Å². The summed E-state index contributed by atoms with van der Waals surface area (Å²) in [6.07, 6.45) is 3.14. The van der Waals surface area contributed by atoms with Crippen LogP contribution in [-0.2, 0) is 6.42 Å². The van der Waals surface area contributed by atoms with E-state index in [4.69, 9.17) is 4.74 Å². The molecule has 0 fully saturated rings. The highest BCUT2D eigenvalue weighted by Gasteiger charge is 2.20. The molecule has 1 unspecified atom stereocenters. The fraction of sp³-hybridized carbons (Fsp3) is 0.350. The summed E-state index contributed by atoms with van der Waals surface area (Å²) in [5, 5.41) is 14.3. The van der Waals surface area contributed by atoms with Crippen LogP contribution in [0.25, 0.3) is 0 Å². The molecule has 0 saturated heterocycles. The average Bonchev–Trinajstić information content (AvgIpc) is 2.68. The molecule has 7 nitrogen and oxygen atoms in total. The van der Waals surface area contributed by atoms with Crippen molar-refractivity contribution in [3.8, 4) is 5.75 Å². The fourth-order valence-electron chi connectivity index (χ4n) is 3.21. The summed E-state index contributed by atoms with van der Waals surface area (Å²) in [7, 11) is 1.73. The quantitative estimate of drug-likeness (QED) is 0.608. The molecule has 1 aliphatic heterocycles. The number of fused-ring (bicyclic) bond motifs is 1. The molecule has 1 atom stereocenters. The van der Waals surface area contributed by atoms with Crippen LogP contribution in [0.3, 0.4) is 0 Å².